The van der Waals surface area contributed by atoms with Crippen LogP contribution in [0.15, 0.2) is 60.7 Å². The SMILES string of the molecule is CC(=O)c1ccccc1.O=C(CBr)c1ccccc1. The number of carbonyl (C=O) groups is 2. The van der Waals surface area contributed by atoms with Gasteiger partial charge in [0.1, 0.15) is 0 Å². The zero-order chi connectivity index (χ0) is 14.1. The zero-order valence-corrected chi connectivity index (χ0v) is 12.3. The van der Waals surface area contributed by atoms with E-state index in [0.717, 1.165) is 11.1 Å². The largest absolute Gasteiger partial charge is 0.295 e. The van der Waals surface area contributed by atoms with E-state index in [2.05, 4.69) is 15.9 Å². The highest BCUT2D eigenvalue weighted by Gasteiger charge is 1.99. The molecule has 0 aliphatic rings. The first-order chi connectivity index (χ1) is 9.15. The summed E-state index contributed by atoms with van der Waals surface area (Å²) in [4.78, 5) is 21.6. The van der Waals surface area contributed by atoms with Crippen molar-refractivity contribution in [3.05, 3.63) is 71.8 Å². The molecule has 0 amide bonds. The van der Waals surface area contributed by atoms with E-state index in [1.165, 1.54) is 0 Å². The zero-order valence-electron chi connectivity index (χ0n) is 10.7. The van der Waals surface area contributed by atoms with Crippen LogP contribution in [0.25, 0.3) is 0 Å². The minimum absolute atomic E-state index is 0.121. The summed E-state index contributed by atoms with van der Waals surface area (Å²) in [7, 11) is 0. The molecule has 0 radical (unpaired) electrons. The predicted octanol–water partition coefficient (Wildman–Crippen LogP) is 4.15. The Bertz CT molecular complexity index is 521. The first kappa shape index (κ1) is 15.3. The van der Waals surface area contributed by atoms with Gasteiger partial charge in [-0.05, 0) is 6.92 Å². The molecular formula is C16H15BrO2. The summed E-state index contributed by atoms with van der Waals surface area (Å²) in [5, 5.41) is 0.400. The van der Waals surface area contributed by atoms with Gasteiger partial charge in [0.25, 0.3) is 0 Å². The molecule has 0 unspecified atom stereocenters. The molecule has 2 aromatic rings. The molecule has 2 rings (SSSR count). The molecule has 0 N–H and O–H groups in total. The third-order valence-corrected chi connectivity index (χ3v) is 2.91. The lowest BCUT2D eigenvalue weighted by Gasteiger charge is -1.92. The van der Waals surface area contributed by atoms with Crippen molar-refractivity contribution >= 4 is 27.5 Å². The molecule has 0 aliphatic carbocycles. The van der Waals surface area contributed by atoms with Crippen molar-refractivity contribution in [2.45, 2.75) is 6.92 Å². The first-order valence-corrected chi connectivity index (χ1v) is 6.97. The maximum Gasteiger partial charge on any atom is 0.173 e. The van der Waals surface area contributed by atoms with E-state index in [9.17, 15) is 9.59 Å². The molecule has 0 heterocycles. The Labute approximate surface area is 121 Å². The molecule has 2 nitrogen and oxygen atoms in total. The normalized spacial score (nSPS) is 9.16. The van der Waals surface area contributed by atoms with Crippen molar-refractivity contribution in [2.24, 2.45) is 0 Å². The second-order valence-corrected chi connectivity index (χ2v) is 4.41. The van der Waals surface area contributed by atoms with Crippen LogP contribution in [-0.4, -0.2) is 16.9 Å². The summed E-state index contributed by atoms with van der Waals surface area (Å²) < 4.78 is 0. The van der Waals surface area contributed by atoms with Gasteiger partial charge in [-0.2, -0.15) is 0 Å². The fourth-order valence-electron chi connectivity index (χ4n) is 1.37. The highest BCUT2D eigenvalue weighted by Crippen LogP contribution is 2.01. The molecule has 98 valence electrons. The van der Waals surface area contributed by atoms with E-state index < -0.39 is 0 Å². The highest BCUT2D eigenvalue weighted by atomic mass is 79.9. The van der Waals surface area contributed by atoms with Gasteiger partial charge in [0, 0.05) is 11.1 Å². The van der Waals surface area contributed by atoms with Crippen LogP contribution < -0.4 is 0 Å². The number of hydrogen-bond donors (Lipinski definition) is 0. The fraction of sp³-hybridized carbons (Fsp3) is 0.125. The molecule has 0 fully saturated rings. The van der Waals surface area contributed by atoms with Crippen LogP contribution >= 0.6 is 15.9 Å². The van der Waals surface area contributed by atoms with Gasteiger partial charge in [-0.15, -0.1) is 0 Å². The average Bonchev–Trinajstić information content (AvgIpc) is 2.49. The van der Waals surface area contributed by atoms with E-state index in [1.54, 1.807) is 6.92 Å². The molecule has 0 atom stereocenters. The maximum atomic E-state index is 11.0. The predicted molar refractivity (Wildman–Crippen MR) is 81.0 cm³/mol. The molecule has 3 heteroatoms. The molecule has 0 bridgehead atoms. The number of hydrogen-bond acceptors (Lipinski definition) is 2. The molecule has 0 aromatic heterocycles. The number of rotatable bonds is 3. The van der Waals surface area contributed by atoms with Crippen LogP contribution in [0.2, 0.25) is 0 Å². The van der Waals surface area contributed by atoms with Crippen LogP contribution in [0.3, 0.4) is 0 Å². The number of ketones is 2. The van der Waals surface area contributed by atoms with Gasteiger partial charge in [-0.25, -0.2) is 0 Å². The van der Waals surface area contributed by atoms with Gasteiger partial charge in [0.15, 0.2) is 11.6 Å². The van der Waals surface area contributed by atoms with Crippen LogP contribution in [0, 0.1) is 0 Å². The third kappa shape index (κ3) is 5.62. The number of Topliss-reactive ketones (excluding diaryl/α,β-unsaturated/α-hetero) is 2. The second-order valence-electron chi connectivity index (χ2n) is 3.85. The van der Waals surface area contributed by atoms with Crippen molar-refractivity contribution in [1.82, 2.24) is 0 Å². The van der Waals surface area contributed by atoms with Crippen LogP contribution in [-0.2, 0) is 0 Å². The lowest BCUT2D eigenvalue weighted by molar-refractivity contribution is 0.101. The van der Waals surface area contributed by atoms with Crippen molar-refractivity contribution < 1.29 is 9.59 Å². The summed E-state index contributed by atoms with van der Waals surface area (Å²) >= 11 is 3.10. The third-order valence-electron chi connectivity index (χ3n) is 2.40. The van der Waals surface area contributed by atoms with E-state index in [-0.39, 0.29) is 11.6 Å². The van der Waals surface area contributed by atoms with Gasteiger partial charge in [0.05, 0.1) is 5.33 Å². The Morgan fingerprint density at radius 3 is 1.58 bits per heavy atom. The lowest BCUT2D eigenvalue weighted by Crippen LogP contribution is -1.98. The average molecular weight is 319 g/mol. The molecule has 0 saturated heterocycles. The smallest absolute Gasteiger partial charge is 0.173 e. The van der Waals surface area contributed by atoms with Crippen molar-refractivity contribution in [3.8, 4) is 0 Å². The number of carbonyl (C=O) groups excluding carboxylic acids is 2. The van der Waals surface area contributed by atoms with Crippen molar-refractivity contribution in [3.63, 3.8) is 0 Å². The minimum Gasteiger partial charge on any atom is -0.295 e. The summed E-state index contributed by atoms with van der Waals surface area (Å²) in [6, 6.07) is 18.5. The number of halogens is 1. The highest BCUT2D eigenvalue weighted by molar-refractivity contribution is 9.09. The van der Waals surface area contributed by atoms with E-state index >= 15 is 0 Å². The fourth-order valence-corrected chi connectivity index (χ4v) is 1.70. The van der Waals surface area contributed by atoms with Gasteiger partial charge < -0.3 is 0 Å². The van der Waals surface area contributed by atoms with Gasteiger partial charge in [-0.3, -0.25) is 9.59 Å². The Morgan fingerprint density at radius 2 is 1.26 bits per heavy atom. The summed E-state index contributed by atoms with van der Waals surface area (Å²) in [6.07, 6.45) is 0. The monoisotopic (exact) mass is 318 g/mol. The first-order valence-electron chi connectivity index (χ1n) is 5.85. The van der Waals surface area contributed by atoms with E-state index in [1.807, 2.05) is 60.7 Å². The standard InChI is InChI=1S/C8H7BrO.C8H8O/c9-6-8(10)7-4-2-1-3-5-7;1-7(9)8-5-3-2-4-6-8/h1-5H,6H2;2-6H,1H3. The van der Waals surface area contributed by atoms with Crippen LogP contribution in [0.5, 0.6) is 0 Å². The molecule has 19 heavy (non-hydrogen) atoms. The summed E-state index contributed by atoms with van der Waals surface area (Å²) in [5.41, 5.74) is 1.54. The molecule has 2 aromatic carbocycles. The minimum atomic E-state index is 0.121. The number of benzene rings is 2. The van der Waals surface area contributed by atoms with Crippen LogP contribution in [0.4, 0.5) is 0 Å². The van der Waals surface area contributed by atoms with E-state index in [0.29, 0.717) is 5.33 Å². The Hall–Kier alpha value is -1.74. The molecule has 0 aliphatic heterocycles. The van der Waals surface area contributed by atoms with Gasteiger partial charge in [0.2, 0.25) is 0 Å². The van der Waals surface area contributed by atoms with Crippen molar-refractivity contribution in [2.75, 3.05) is 5.33 Å². The Morgan fingerprint density at radius 1 is 0.842 bits per heavy atom. The summed E-state index contributed by atoms with van der Waals surface area (Å²) in [6.45, 7) is 1.56. The molecule has 0 saturated carbocycles. The van der Waals surface area contributed by atoms with Gasteiger partial charge >= 0.3 is 0 Å². The Kier molecular flexibility index (Phi) is 6.75. The Balaban J connectivity index is 0.000000191. The topological polar surface area (TPSA) is 34.1 Å². The maximum absolute atomic E-state index is 11.0. The van der Waals surface area contributed by atoms with E-state index in [4.69, 9.17) is 0 Å². The van der Waals surface area contributed by atoms with Crippen molar-refractivity contribution in [1.29, 1.82) is 0 Å². The molecule has 0 spiro atoms. The second kappa shape index (κ2) is 8.38. The molecular weight excluding hydrogens is 304 g/mol. The summed E-state index contributed by atoms with van der Waals surface area (Å²) in [5.74, 6) is 0.246. The van der Waals surface area contributed by atoms with Gasteiger partial charge in [-0.1, -0.05) is 76.6 Å². The lowest BCUT2D eigenvalue weighted by atomic mass is 10.2. The number of alkyl halides is 1. The quantitative estimate of drug-likeness (QED) is 0.629. The van der Waals surface area contributed by atoms with Crippen LogP contribution in [0.1, 0.15) is 27.6 Å².